The van der Waals surface area contributed by atoms with E-state index in [1.54, 1.807) is 0 Å². The Morgan fingerprint density at radius 1 is 1.33 bits per heavy atom. The van der Waals surface area contributed by atoms with Crippen LogP contribution in [0.5, 0.6) is 0 Å². The van der Waals surface area contributed by atoms with E-state index in [0.717, 1.165) is 38.3 Å². The molecule has 1 N–H and O–H groups in total. The third-order valence-electron chi connectivity index (χ3n) is 4.05. The van der Waals surface area contributed by atoms with Gasteiger partial charge in [0.15, 0.2) is 0 Å². The zero-order valence-corrected chi connectivity index (χ0v) is 11.4. The largest absolute Gasteiger partial charge is 0.391 e. The van der Waals surface area contributed by atoms with E-state index in [4.69, 9.17) is 0 Å². The van der Waals surface area contributed by atoms with Gasteiger partial charge in [-0.2, -0.15) is 0 Å². The first-order valence-corrected chi connectivity index (χ1v) is 7.01. The number of aliphatic hydroxyl groups is 1. The van der Waals surface area contributed by atoms with E-state index in [0.29, 0.717) is 6.04 Å². The van der Waals surface area contributed by atoms with Crippen molar-refractivity contribution >= 4 is 0 Å². The van der Waals surface area contributed by atoms with Gasteiger partial charge in [0.1, 0.15) is 0 Å². The van der Waals surface area contributed by atoms with Gasteiger partial charge in [-0.1, -0.05) is 13.8 Å². The fraction of sp³-hybridized carbons (Fsp3) is 0.667. The van der Waals surface area contributed by atoms with Crippen LogP contribution >= 0.6 is 0 Å². The monoisotopic (exact) mass is 248 g/mol. The zero-order chi connectivity index (χ0) is 13.0. The van der Waals surface area contributed by atoms with Gasteiger partial charge >= 0.3 is 0 Å². The van der Waals surface area contributed by atoms with E-state index < -0.39 is 0 Å². The maximum absolute atomic E-state index is 10.2. The zero-order valence-electron chi connectivity index (χ0n) is 11.4. The van der Waals surface area contributed by atoms with E-state index in [1.165, 1.54) is 5.56 Å². The van der Waals surface area contributed by atoms with Crippen LogP contribution in [0.3, 0.4) is 0 Å². The summed E-state index contributed by atoms with van der Waals surface area (Å²) >= 11 is 0. The molecule has 3 nitrogen and oxygen atoms in total. The van der Waals surface area contributed by atoms with E-state index in [1.807, 2.05) is 12.4 Å². The Bertz CT molecular complexity index is 355. The Labute approximate surface area is 110 Å². The molecule has 0 saturated heterocycles. The van der Waals surface area contributed by atoms with Gasteiger partial charge in [-0.15, -0.1) is 0 Å². The molecule has 3 atom stereocenters. The average Bonchev–Trinajstić information content (AvgIpc) is 2.40. The van der Waals surface area contributed by atoms with Crippen molar-refractivity contribution < 1.29 is 5.11 Å². The highest BCUT2D eigenvalue weighted by Gasteiger charge is 2.30. The highest BCUT2D eigenvalue weighted by Crippen LogP contribution is 2.28. The van der Waals surface area contributed by atoms with E-state index in [-0.39, 0.29) is 6.10 Å². The molecule has 1 aliphatic rings. The van der Waals surface area contributed by atoms with E-state index in [2.05, 4.69) is 35.9 Å². The molecule has 1 fully saturated rings. The van der Waals surface area contributed by atoms with Gasteiger partial charge in [0.05, 0.1) is 6.10 Å². The van der Waals surface area contributed by atoms with Crippen LogP contribution in [-0.2, 0) is 6.54 Å². The molecule has 0 aliphatic heterocycles. The molecule has 0 bridgehead atoms. The van der Waals surface area contributed by atoms with Gasteiger partial charge in [-0.3, -0.25) is 9.88 Å². The van der Waals surface area contributed by atoms with Gasteiger partial charge < -0.3 is 5.11 Å². The Hall–Kier alpha value is -0.930. The lowest BCUT2D eigenvalue weighted by Gasteiger charge is -2.39. The molecule has 0 radical (unpaired) electrons. The number of aromatic nitrogens is 1. The minimum atomic E-state index is -0.164. The Kier molecular flexibility index (Phi) is 4.72. The molecule has 1 aromatic heterocycles. The van der Waals surface area contributed by atoms with Gasteiger partial charge in [0.25, 0.3) is 0 Å². The third kappa shape index (κ3) is 3.30. The average molecular weight is 248 g/mol. The number of hydrogen-bond donors (Lipinski definition) is 1. The molecule has 1 saturated carbocycles. The molecule has 3 unspecified atom stereocenters. The summed E-state index contributed by atoms with van der Waals surface area (Å²) in [6, 6.07) is 4.43. The van der Waals surface area contributed by atoms with Crippen molar-refractivity contribution in [1.82, 2.24) is 9.88 Å². The van der Waals surface area contributed by atoms with E-state index >= 15 is 0 Å². The van der Waals surface area contributed by atoms with Crippen LogP contribution in [0.25, 0.3) is 0 Å². The van der Waals surface area contributed by atoms with Crippen molar-refractivity contribution in [2.75, 3.05) is 6.54 Å². The first kappa shape index (κ1) is 13.5. The lowest BCUT2D eigenvalue weighted by Crippen LogP contribution is -2.46. The van der Waals surface area contributed by atoms with Crippen molar-refractivity contribution in [1.29, 1.82) is 0 Å². The Morgan fingerprint density at radius 2 is 2.06 bits per heavy atom. The summed E-state index contributed by atoms with van der Waals surface area (Å²) in [5.74, 6) is 0.727. The normalized spacial score (nSPS) is 28.6. The summed E-state index contributed by atoms with van der Waals surface area (Å²) in [5.41, 5.74) is 1.28. The van der Waals surface area contributed by atoms with Gasteiger partial charge in [0, 0.05) is 25.0 Å². The van der Waals surface area contributed by atoms with Crippen LogP contribution in [-0.4, -0.2) is 33.7 Å². The van der Waals surface area contributed by atoms with E-state index in [9.17, 15) is 5.11 Å². The number of rotatable bonds is 4. The molecule has 0 aromatic carbocycles. The van der Waals surface area contributed by atoms with Crippen LogP contribution in [0.2, 0.25) is 0 Å². The number of pyridine rings is 1. The quantitative estimate of drug-likeness (QED) is 0.889. The maximum atomic E-state index is 10.2. The second kappa shape index (κ2) is 6.30. The standard InChI is InChI=1S/C15H24N2O/c1-3-17(11-13-6-8-16-9-7-13)14-10-12(2)4-5-15(14)18/h6-9,12,14-15,18H,3-5,10-11H2,1-2H3. The SMILES string of the molecule is CCN(Cc1ccncc1)C1CC(C)CCC1O. The molecule has 3 heteroatoms. The topological polar surface area (TPSA) is 36.4 Å². The maximum Gasteiger partial charge on any atom is 0.0695 e. The lowest BCUT2D eigenvalue weighted by molar-refractivity contribution is 0.00409. The van der Waals surface area contributed by atoms with Crippen LogP contribution in [0.1, 0.15) is 38.7 Å². The van der Waals surface area contributed by atoms with Crippen molar-refractivity contribution in [3.8, 4) is 0 Å². The molecular formula is C15H24N2O. The van der Waals surface area contributed by atoms with Crippen molar-refractivity contribution in [2.24, 2.45) is 5.92 Å². The molecular weight excluding hydrogens is 224 g/mol. The summed E-state index contributed by atoms with van der Waals surface area (Å²) in [7, 11) is 0. The summed E-state index contributed by atoms with van der Waals surface area (Å²) in [6.07, 6.45) is 6.72. The van der Waals surface area contributed by atoms with Crippen molar-refractivity contribution in [3.63, 3.8) is 0 Å². The summed E-state index contributed by atoms with van der Waals surface area (Å²) in [5, 5.41) is 10.2. The molecule has 1 heterocycles. The molecule has 0 spiro atoms. The van der Waals surface area contributed by atoms with Crippen LogP contribution in [0.4, 0.5) is 0 Å². The number of likely N-dealkylation sites (N-methyl/N-ethyl adjacent to an activating group) is 1. The first-order chi connectivity index (χ1) is 8.70. The second-order valence-corrected chi connectivity index (χ2v) is 5.47. The van der Waals surface area contributed by atoms with Crippen LogP contribution < -0.4 is 0 Å². The summed E-state index contributed by atoms with van der Waals surface area (Å²) in [6.45, 7) is 6.36. The van der Waals surface area contributed by atoms with Crippen LogP contribution in [0, 0.1) is 5.92 Å². The lowest BCUT2D eigenvalue weighted by atomic mass is 9.84. The van der Waals surface area contributed by atoms with Gasteiger partial charge in [-0.05, 0) is 49.4 Å². The second-order valence-electron chi connectivity index (χ2n) is 5.47. The fourth-order valence-corrected chi connectivity index (χ4v) is 2.91. The van der Waals surface area contributed by atoms with Gasteiger partial charge in [-0.25, -0.2) is 0 Å². The van der Waals surface area contributed by atoms with Crippen molar-refractivity contribution in [3.05, 3.63) is 30.1 Å². The number of hydrogen-bond acceptors (Lipinski definition) is 3. The molecule has 1 aromatic rings. The highest BCUT2D eigenvalue weighted by atomic mass is 16.3. The molecule has 0 amide bonds. The van der Waals surface area contributed by atoms with Crippen molar-refractivity contribution in [2.45, 2.75) is 51.8 Å². The number of nitrogens with zero attached hydrogens (tertiary/aromatic N) is 2. The van der Waals surface area contributed by atoms with Crippen LogP contribution in [0.15, 0.2) is 24.5 Å². The summed E-state index contributed by atoms with van der Waals surface area (Å²) in [4.78, 5) is 6.45. The Balaban J connectivity index is 2.03. The first-order valence-electron chi connectivity index (χ1n) is 7.01. The third-order valence-corrected chi connectivity index (χ3v) is 4.05. The summed E-state index contributed by atoms with van der Waals surface area (Å²) < 4.78 is 0. The predicted molar refractivity (Wildman–Crippen MR) is 73.1 cm³/mol. The molecule has 18 heavy (non-hydrogen) atoms. The molecule has 2 rings (SSSR count). The highest BCUT2D eigenvalue weighted by molar-refractivity contribution is 5.09. The Morgan fingerprint density at radius 3 is 2.72 bits per heavy atom. The molecule has 1 aliphatic carbocycles. The number of aliphatic hydroxyl groups excluding tert-OH is 1. The smallest absolute Gasteiger partial charge is 0.0695 e. The fourth-order valence-electron chi connectivity index (χ4n) is 2.91. The van der Waals surface area contributed by atoms with Gasteiger partial charge in [0.2, 0.25) is 0 Å². The minimum Gasteiger partial charge on any atom is -0.391 e. The minimum absolute atomic E-state index is 0.164. The molecule has 100 valence electrons. The predicted octanol–water partition coefficient (Wildman–Crippen LogP) is 2.45.